The Morgan fingerprint density at radius 3 is 2.21 bits per heavy atom. The summed E-state index contributed by atoms with van der Waals surface area (Å²) in [7, 11) is 1.28. The lowest BCUT2D eigenvalue weighted by atomic mass is 10.4. The molecule has 0 saturated carbocycles. The third-order valence-corrected chi connectivity index (χ3v) is 1.39. The van der Waals surface area contributed by atoms with E-state index in [4.69, 9.17) is 15.2 Å². The van der Waals surface area contributed by atoms with Crippen molar-refractivity contribution in [1.82, 2.24) is 0 Å². The summed E-state index contributed by atoms with van der Waals surface area (Å²) >= 11 is 0. The molecular weight excluding hydrogens is 186 g/mol. The number of ether oxygens (including phenoxy) is 3. The molecule has 14 heavy (non-hydrogen) atoms. The lowest BCUT2D eigenvalue weighted by molar-refractivity contribution is -0.136. The van der Waals surface area contributed by atoms with Gasteiger partial charge in [0.15, 0.2) is 6.29 Å². The average molecular weight is 203 g/mol. The van der Waals surface area contributed by atoms with Gasteiger partial charge in [0.25, 0.3) is 0 Å². The van der Waals surface area contributed by atoms with Gasteiger partial charge in [-0.05, 0) is 13.8 Å². The molecule has 0 aliphatic heterocycles. The third-order valence-electron chi connectivity index (χ3n) is 1.39. The van der Waals surface area contributed by atoms with Crippen molar-refractivity contribution in [2.75, 3.05) is 20.3 Å². The van der Waals surface area contributed by atoms with Crippen LogP contribution in [0.4, 0.5) is 0 Å². The van der Waals surface area contributed by atoms with E-state index in [-0.39, 0.29) is 5.70 Å². The van der Waals surface area contributed by atoms with E-state index in [2.05, 4.69) is 4.74 Å². The molecule has 0 amide bonds. The number of carbonyl (C=O) groups excluding carboxylic acids is 1. The molecule has 0 aromatic carbocycles. The van der Waals surface area contributed by atoms with Crippen molar-refractivity contribution < 1.29 is 19.0 Å². The van der Waals surface area contributed by atoms with E-state index in [1.165, 1.54) is 7.11 Å². The molecule has 0 aromatic rings. The number of carbonyl (C=O) groups is 1. The van der Waals surface area contributed by atoms with E-state index in [1.54, 1.807) is 0 Å². The lowest BCUT2D eigenvalue weighted by Gasteiger charge is -2.16. The highest BCUT2D eigenvalue weighted by molar-refractivity contribution is 5.82. The van der Waals surface area contributed by atoms with Crippen LogP contribution >= 0.6 is 0 Å². The molecule has 0 bridgehead atoms. The number of hydrogen-bond donors (Lipinski definition) is 1. The molecule has 0 spiro atoms. The van der Waals surface area contributed by atoms with Crippen molar-refractivity contribution in [2.45, 2.75) is 20.1 Å². The zero-order chi connectivity index (χ0) is 11.0. The summed E-state index contributed by atoms with van der Waals surface area (Å²) in [5, 5.41) is 0. The first-order valence-electron chi connectivity index (χ1n) is 4.43. The highest BCUT2D eigenvalue weighted by atomic mass is 16.7. The molecule has 0 saturated heterocycles. The summed E-state index contributed by atoms with van der Waals surface area (Å²) in [5.41, 5.74) is 5.79. The maximum atomic E-state index is 10.8. The van der Waals surface area contributed by atoms with Gasteiger partial charge in [-0.3, -0.25) is 0 Å². The van der Waals surface area contributed by atoms with Crippen LogP contribution in [0, 0.1) is 0 Å². The minimum atomic E-state index is -0.677. The molecule has 5 heteroatoms. The first-order valence-corrected chi connectivity index (χ1v) is 4.43. The number of methoxy groups -OCH3 is 1. The van der Waals surface area contributed by atoms with Gasteiger partial charge < -0.3 is 19.9 Å². The van der Waals surface area contributed by atoms with Gasteiger partial charge in [-0.1, -0.05) is 0 Å². The van der Waals surface area contributed by atoms with Crippen LogP contribution in [0.1, 0.15) is 13.8 Å². The average Bonchev–Trinajstić information content (AvgIpc) is 2.17. The fraction of sp³-hybridized carbons (Fsp3) is 0.667. The molecule has 82 valence electrons. The molecule has 5 nitrogen and oxygen atoms in total. The van der Waals surface area contributed by atoms with Crippen LogP contribution in [0.5, 0.6) is 0 Å². The predicted octanol–water partition coefficient (Wildman–Crippen LogP) is 0.401. The van der Waals surface area contributed by atoms with Crippen molar-refractivity contribution in [2.24, 2.45) is 5.73 Å². The SMILES string of the molecule is CCOC(OCC)/C(N)=C/C(=O)OC. The largest absolute Gasteiger partial charge is 0.466 e. The molecular formula is C9H17NO4. The van der Waals surface area contributed by atoms with E-state index >= 15 is 0 Å². The maximum absolute atomic E-state index is 10.8. The van der Waals surface area contributed by atoms with Crippen molar-refractivity contribution in [1.29, 1.82) is 0 Å². The van der Waals surface area contributed by atoms with E-state index in [9.17, 15) is 4.79 Å². The smallest absolute Gasteiger partial charge is 0.332 e. The van der Waals surface area contributed by atoms with Crippen LogP contribution in [-0.4, -0.2) is 32.6 Å². The van der Waals surface area contributed by atoms with Crippen molar-refractivity contribution in [3.8, 4) is 0 Å². The number of rotatable bonds is 6. The van der Waals surface area contributed by atoms with E-state index in [0.29, 0.717) is 13.2 Å². The van der Waals surface area contributed by atoms with Gasteiger partial charge in [-0.2, -0.15) is 0 Å². The normalized spacial score (nSPS) is 11.9. The van der Waals surface area contributed by atoms with Gasteiger partial charge in [-0.25, -0.2) is 4.79 Å². The van der Waals surface area contributed by atoms with Gasteiger partial charge in [0, 0.05) is 19.3 Å². The minimum absolute atomic E-state index is 0.209. The highest BCUT2D eigenvalue weighted by Crippen LogP contribution is 2.03. The Hall–Kier alpha value is -1.07. The van der Waals surface area contributed by atoms with E-state index < -0.39 is 12.3 Å². The third kappa shape index (κ3) is 4.84. The topological polar surface area (TPSA) is 70.8 Å². The van der Waals surface area contributed by atoms with Crippen LogP contribution in [0.3, 0.4) is 0 Å². The Balaban J connectivity index is 4.32. The van der Waals surface area contributed by atoms with E-state index in [0.717, 1.165) is 6.08 Å². The number of esters is 1. The van der Waals surface area contributed by atoms with Crippen LogP contribution in [0.15, 0.2) is 11.8 Å². The quantitative estimate of drug-likeness (QED) is 0.384. The summed E-state index contributed by atoms with van der Waals surface area (Å²) in [5.74, 6) is -0.521. The van der Waals surface area contributed by atoms with Crippen LogP contribution in [0.2, 0.25) is 0 Å². The van der Waals surface area contributed by atoms with Crippen molar-refractivity contribution >= 4 is 5.97 Å². The minimum Gasteiger partial charge on any atom is -0.466 e. The summed E-state index contributed by atoms with van der Waals surface area (Å²) < 4.78 is 14.8. The van der Waals surface area contributed by atoms with Crippen molar-refractivity contribution in [3.05, 3.63) is 11.8 Å². The Morgan fingerprint density at radius 2 is 1.86 bits per heavy atom. The zero-order valence-electron chi connectivity index (χ0n) is 8.78. The molecule has 0 aliphatic carbocycles. The van der Waals surface area contributed by atoms with Gasteiger partial charge >= 0.3 is 5.97 Å². The molecule has 0 aromatic heterocycles. The molecule has 0 atom stereocenters. The van der Waals surface area contributed by atoms with Crippen molar-refractivity contribution in [3.63, 3.8) is 0 Å². The van der Waals surface area contributed by atoms with Gasteiger partial charge in [0.2, 0.25) is 0 Å². The van der Waals surface area contributed by atoms with E-state index in [1.807, 2.05) is 13.8 Å². The Bertz CT molecular complexity index is 197. The first kappa shape index (κ1) is 12.9. The predicted molar refractivity (Wildman–Crippen MR) is 51.3 cm³/mol. The van der Waals surface area contributed by atoms with Crippen LogP contribution in [-0.2, 0) is 19.0 Å². The summed E-state index contributed by atoms with van der Waals surface area (Å²) in [4.78, 5) is 10.8. The first-order chi connectivity index (χ1) is 6.65. The molecule has 0 rings (SSSR count). The van der Waals surface area contributed by atoms with Crippen LogP contribution < -0.4 is 5.73 Å². The maximum Gasteiger partial charge on any atom is 0.332 e. The van der Waals surface area contributed by atoms with Gasteiger partial charge in [-0.15, -0.1) is 0 Å². The molecule has 0 fully saturated rings. The summed E-state index contributed by atoms with van der Waals surface area (Å²) in [6, 6.07) is 0. The molecule has 0 aliphatic rings. The molecule has 0 radical (unpaired) electrons. The van der Waals surface area contributed by atoms with Crippen LogP contribution in [0.25, 0.3) is 0 Å². The Kier molecular flexibility index (Phi) is 6.78. The second-order valence-electron chi connectivity index (χ2n) is 2.41. The second kappa shape index (κ2) is 7.34. The second-order valence-corrected chi connectivity index (χ2v) is 2.41. The summed E-state index contributed by atoms with van der Waals surface area (Å²) in [6.45, 7) is 4.55. The molecule has 0 unspecified atom stereocenters. The molecule has 0 heterocycles. The summed E-state index contributed by atoms with van der Waals surface area (Å²) in [6.07, 6.45) is 0.472. The lowest BCUT2D eigenvalue weighted by Crippen LogP contribution is -2.25. The zero-order valence-corrected chi connectivity index (χ0v) is 8.78. The standard InChI is InChI=1S/C9H17NO4/c1-4-13-9(14-5-2)7(10)6-8(11)12-3/h6,9H,4-5,10H2,1-3H3/b7-6-. The Morgan fingerprint density at radius 1 is 1.36 bits per heavy atom. The fourth-order valence-corrected chi connectivity index (χ4v) is 0.806. The molecule has 2 N–H and O–H groups in total. The number of nitrogens with two attached hydrogens (primary N) is 1. The van der Waals surface area contributed by atoms with Gasteiger partial charge in [0.1, 0.15) is 0 Å². The van der Waals surface area contributed by atoms with Gasteiger partial charge in [0.05, 0.1) is 12.8 Å². The highest BCUT2D eigenvalue weighted by Gasteiger charge is 2.12. The fourth-order valence-electron chi connectivity index (χ4n) is 0.806. The number of hydrogen-bond acceptors (Lipinski definition) is 5. The monoisotopic (exact) mass is 203 g/mol. The Labute approximate surface area is 83.8 Å².